The third-order valence-electron chi connectivity index (χ3n) is 3.36. The second-order valence-corrected chi connectivity index (χ2v) is 4.84. The van der Waals surface area contributed by atoms with Crippen LogP contribution in [0, 0.1) is 0 Å². The van der Waals surface area contributed by atoms with E-state index in [9.17, 15) is 4.79 Å². The maximum atomic E-state index is 10.9. The predicted molar refractivity (Wildman–Crippen MR) is 69.8 cm³/mol. The van der Waals surface area contributed by atoms with Crippen LogP contribution in [0.5, 0.6) is 0 Å². The van der Waals surface area contributed by atoms with Crippen molar-refractivity contribution >= 4 is 5.97 Å². The molecular formula is C13H21N3O3. The van der Waals surface area contributed by atoms with Crippen LogP contribution in [-0.4, -0.2) is 51.6 Å². The lowest BCUT2D eigenvalue weighted by molar-refractivity contribution is -0.140. The second-order valence-electron chi connectivity index (χ2n) is 4.84. The Morgan fingerprint density at radius 1 is 1.63 bits per heavy atom. The summed E-state index contributed by atoms with van der Waals surface area (Å²) in [4.78, 5) is 13.1. The number of nitrogens with zero attached hydrogens (tertiary/aromatic N) is 3. The number of morpholine rings is 1. The zero-order valence-electron chi connectivity index (χ0n) is 11.3. The molecule has 1 aromatic rings. The van der Waals surface area contributed by atoms with Gasteiger partial charge in [0.15, 0.2) is 0 Å². The molecule has 1 N–H and O–H groups in total. The summed E-state index contributed by atoms with van der Waals surface area (Å²) in [5.41, 5.74) is 1.14. The molecule has 1 aromatic heterocycles. The number of hydrogen-bond acceptors (Lipinski definition) is 4. The van der Waals surface area contributed by atoms with Crippen LogP contribution >= 0.6 is 0 Å². The van der Waals surface area contributed by atoms with Gasteiger partial charge in [-0.05, 0) is 12.5 Å². The van der Waals surface area contributed by atoms with E-state index in [1.165, 1.54) is 0 Å². The summed E-state index contributed by atoms with van der Waals surface area (Å²) in [5, 5.41) is 13.2. The van der Waals surface area contributed by atoms with Crippen LogP contribution in [0.25, 0.3) is 0 Å². The molecule has 6 heteroatoms. The minimum absolute atomic E-state index is 0.0452. The number of hydrogen-bond donors (Lipinski definition) is 1. The molecule has 106 valence electrons. The van der Waals surface area contributed by atoms with Gasteiger partial charge in [-0.15, -0.1) is 0 Å². The zero-order chi connectivity index (χ0) is 13.7. The minimum atomic E-state index is -0.775. The highest BCUT2D eigenvalue weighted by atomic mass is 16.5. The van der Waals surface area contributed by atoms with Crippen LogP contribution in [0.1, 0.15) is 25.5 Å². The average molecular weight is 267 g/mol. The Balaban J connectivity index is 2.02. The summed E-state index contributed by atoms with van der Waals surface area (Å²) in [7, 11) is 0. The number of carbonyl (C=O) groups is 1. The van der Waals surface area contributed by atoms with E-state index in [1.54, 1.807) is 6.20 Å². The Bertz CT molecular complexity index is 419. The first-order valence-electron chi connectivity index (χ1n) is 6.75. The van der Waals surface area contributed by atoms with Crippen molar-refractivity contribution in [1.29, 1.82) is 0 Å². The summed E-state index contributed by atoms with van der Waals surface area (Å²) in [6.07, 6.45) is 2.97. The number of rotatable bonds is 6. The lowest BCUT2D eigenvalue weighted by Crippen LogP contribution is -2.46. The smallest absolute Gasteiger partial charge is 0.305 e. The fraction of sp³-hybridized carbons (Fsp3) is 0.692. The third kappa shape index (κ3) is 3.78. The maximum absolute atomic E-state index is 10.9. The highest BCUT2D eigenvalue weighted by Gasteiger charge is 2.26. The largest absolute Gasteiger partial charge is 0.481 e. The molecule has 1 aliphatic rings. The molecule has 0 radical (unpaired) electrons. The molecule has 1 fully saturated rings. The van der Waals surface area contributed by atoms with Crippen molar-refractivity contribution < 1.29 is 14.6 Å². The SMILES string of the molecule is CCCn1nccc1CN1CCOCC1CC(=O)O. The van der Waals surface area contributed by atoms with Gasteiger partial charge in [0.05, 0.1) is 25.3 Å². The van der Waals surface area contributed by atoms with Crippen molar-refractivity contribution in [3.05, 3.63) is 18.0 Å². The van der Waals surface area contributed by atoms with E-state index in [1.807, 2.05) is 10.7 Å². The predicted octanol–water partition coefficient (Wildman–Crippen LogP) is 0.969. The van der Waals surface area contributed by atoms with Crippen molar-refractivity contribution in [2.24, 2.45) is 0 Å². The monoisotopic (exact) mass is 267 g/mol. The standard InChI is InChI=1S/C13H21N3O3/c1-2-5-16-11(3-4-14-16)9-15-6-7-19-10-12(15)8-13(17)18/h3-4,12H,2,5-10H2,1H3,(H,17,18). The molecule has 6 nitrogen and oxygen atoms in total. The topological polar surface area (TPSA) is 67.6 Å². The molecule has 1 unspecified atom stereocenters. The minimum Gasteiger partial charge on any atom is -0.481 e. The van der Waals surface area contributed by atoms with Gasteiger partial charge in [0.2, 0.25) is 0 Å². The van der Waals surface area contributed by atoms with Crippen LogP contribution in [-0.2, 0) is 22.6 Å². The van der Waals surface area contributed by atoms with Crippen LogP contribution in [0.4, 0.5) is 0 Å². The van der Waals surface area contributed by atoms with Crippen molar-refractivity contribution in [2.75, 3.05) is 19.8 Å². The molecule has 19 heavy (non-hydrogen) atoms. The molecule has 0 aromatic carbocycles. The number of carboxylic acids is 1. The van der Waals surface area contributed by atoms with E-state index in [0.29, 0.717) is 13.2 Å². The average Bonchev–Trinajstić information content (AvgIpc) is 2.79. The number of aryl methyl sites for hydroxylation is 1. The zero-order valence-corrected chi connectivity index (χ0v) is 11.3. The molecule has 0 saturated carbocycles. The lowest BCUT2D eigenvalue weighted by atomic mass is 10.1. The Morgan fingerprint density at radius 2 is 2.47 bits per heavy atom. The van der Waals surface area contributed by atoms with E-state index < -0.39 is 5.97 Å². The van der Waals surface area contributed by atoms with Crippen molar-refractivity contribution in [3.8, 4) is 0 Å². The van der Waals surface area contributed by atoms with Gasteiger partial charge < -0.3 is 9.84 Å². The summed E-state index contributed by atoms with van der Waals surface area (Å²) < 4.78 is 7.38. The molecule has 2 heterocycles. The molecule has 1 saturated heterocycles. The number of aliphatic carboxylic acids is 1. The first kappa shape index (κ1) is 14.0. The quantitative estimate of drug-likeness (QED) is 0.831. The number of carboxylic acid groups (broad SMARTS) is 1. The van der Waals surface area contributed by atoms with E-state index in [4.69, 9.17) is 9.84 Å². The summed E-state index contributed by atoms with van der Waals surface area (Å²) in [6, 6.07) is 1.96. The molecule has 1 atom stereocenters. The Kier molecular flexibility index (Phi) is 4.93. The highest BCUT2D eigenvalue weighted by molar-refractivity contribution is 5.67. The Morgan fingerprint density at radius 3 is 3.21 bits per heavy atom. The molecular weight excluding hydrogens is 246 g/mol. The molecule has 0 spiro atoms. The third-order valence-corrected chi connectivity index (χ3v) is 3.36. The first-order chi connectivity index (χ1) is 9.20. The number of ether oxygens (including phenoxy) is 1. The fourth-order valence-electron chi connectivity index (χ4n) is 2.40. The highest BCUT2D eigenvalue weighted by Crippen LogP contribution is 2.15. The Labute approximate surface area is 113 Å². The summed E-state index contributed by atoms with van der Waals surface area (Å²) >= 11 is 0. The van der Waals surface area contributed by atoms with Gasteiger partial charge in [0.25, 0.3) is 0 Å². The van der Waals surface area contributed by atoms with Crippen LogP contribution < -0.4 is 0 Å². The van der Waals surface area contributed by atoms with Crippen LogP contribution in [0.15, 0.2) is 12.3 Å². The van der Waals surface area contributed by atoms with Gasteiger partial charge >= 0.3 is 5.97 Å². The van der Waals surface area contributed by atoms with Crippen molar-refractivity contribution in [3.63, 3.8) is 0 Å². The molecule has 0 amide bonds. The van der Waals surface area contributed by atoms with Crippen LogP contribution in [0.3, 0.4) is 0 Å². The molecule has 0 bridgehead atoms. The van der Waals surface area contributed by atoms with Crippen molar-refractivity contribution in [2.45, 2.75) is 38.9 Å². The van der Waals surface area contributed by atoms with Gasteiger partial charge in [-0.1, -0.05) is 6.92 Å². The molecule has 0 aliphatic carbocycles. The maximum Gasteiger partial charge on any atom is 0.305 e. The van der Waals surface area contributed by atoms with Gasteiger partial charge in [-0.2, -0.15) is 5.10 Å². The van der Waals surface area contributed by atoms with Gasteiger partial charge in [-0.3, -0.25) is 14.4 Å². The van der Waals surface area contributed by atoms with E-state index in [0.717, 1.165) is 31.7 Å². The summed E-state index contributed by atoms with van der Waals surface area (Å²) in [6.45, 7) is 5.69. The first-order valence-corrected chi connectivity index (χ1v) is 6.75. The molecule has 2 rings (SSSR count). The van der Waals surface area contributed by atoms with Crippen LogP contribution in [0.2, 0.25) is 0 Å². The van der Waals surface area contributed by atoms with Gasteiger partial charge in [0, 0.05) is 31.9 Å². The molecule has 1 aliphatic heterocycles. The van der Waals surface area contributed by atoms with E-state index in [2.05, 4.69) is 16.9 Å². The van der Waals surface area contributed by atoms with E-state index >= 15 is 0 Å². The second kappa shape index (κ2) is 6.68. The van der Waals surface area contributed by atoms with Crippen molar-refractivity contribution in [1.82, 2.24) is 14.7 Å². The van der Waals surface area contributed by atoms with Gasteiger partial charge in [0.1, 0.15) is 0 Å². The lowest BCUT2D eigenvalue weighted by Gasteiger charge is -2.34. The fourth-order valence-corrected chi connectivity index (χ4v) is 2.40. The normalized spacial score (nSPS) is 20.6. The van der Waals surface area contributed by atoms with E-state index in [-0.39, 0.29) is 12.5 Å². The summed E-state index contributed by atoms with van der Waals surface area (Å²) in [5.74, 6) is -0.775. The van der Waals surface area contributed by atoms with Gasteiger partial charge in [-0.25, -0.2) is 0 Å². The Hall–Kier alpha value is -1.40. The number of aromatic nitrogens is 2.